The first-order valence-corrected chi connectivity index (χ1v) is 8.93. The fraction of sp³-hybridized carbons (Fsp3) is 0.238. The van der Waals surface area contributed by atoms with Crippen molar-refractivity contribution in [2.75, 3.05) is 26.2 Å². The van der Waals surface area contributed by atoms with Crippen molar-refractivity contribution in [1.82, 2.24) is 14.4 Å². The number of carbonyl (C=O) groups excluding carboxylic acids is 2. The Kier molecular flexibility index (Phi) is 4.39. The van der Waals surface area contributed by atoms with Gasteiger partial charge in [-0.1, -0.05) is 18.2 Å². The number of nitrogens with zero attached hydrogens (tertiary/aromatic N) is 3. The molecule has 2 heterocycles. The molecule has 2 amide bonds. The topological polar surface area (TPSA) is 45.6 Å². The zero-order valence-electron chi connectivity index (χ0n) is 15.1. The molecule has 0 bridgehead atoms. The van der Waals surface area contributed by atoms with E-state index in [4.69, 9.17) is 0 Å². The second kappa shape index (κ2) is 6.87. The number of halogens is 1. The van der Waals surface area contributed by atoms with Gasteiger partial charge in [0.05, 0.1) is 0 Å². The summed E-state index contributed by atoms with van der Waals surface area (Å²) in [6.45, 7) is 1.89. The van der Waals surface area contributed by atoms with Crippen LogP contribution < -0.4 is 0 Å². The number of aromatic nitrogens is 1. The number of benzene rings is 2. The summed E-state index contributed by atoms with van der Waals surface area (Å²) < 4.78 is 14.9. The van der Waals surface area contributed by atoms with Crippen LogP contribution in [0.1, 0.15) is 20.8 Å². The number of piperazine rings is 1. The van der Waals surface area contributed by atoms with E-state index in [0.29, 0.717) is 37.4 Å². The number of amides is 2. The van der Waals surface area contributed by atoms with Crippen LogP contribution in [-0.4, -0.2) is 52.4 Å². The lowest BCUT2D eigenvalue weighted by Gasteiger charge is -2.34. The van der Waals surface area contributed by atoms with E-state index in [9.17, 15) is 14.0 Å². The van der Waals surface area contributed by atoms with Crippen LogP contribution in [0.25, 0.3) is 10.9 Å². The molecule has 27 heavy (non-hydrogen) atoms. The highest BCUT2D eigenvalue weighted by molar-refractivity contribution is 5.99. The van der Waals surface area contributed by atoms with Gasteiger partial charge in [0.2, 0.25) is 0 Å². The van der Waals surface area contributed by atoms with Gasteiger partial charge in [0.1, 0.15) is 11.5 Å². The maximum Gasteiger partial charge on any atom is 0.270 e. The average Bonchev–Trinajstić information content (AvgIpc) is 3.04. The lowest BCUT2D eigenvalue weighted by Crippen LogP contribution is -2.50. The van der Waals surface area contributed by atoms with Gasteiger partial charge in [-0.3, -0.25) is 9.59 Å². The van der Waals surface area contributed by atoms with Gasteiger partial charge in [0.25, 0.3) is 11.8 Å². The minimum Gasteiger partial charge on any atom is -0.340 e. The van der Waals surface area contributed by atoms with Crippen LogP contribution >= 0.6 is 0 Å². The van der Waals surface area contributed by atoms with Crippen molar-refractivity contribution in [2.24, 2.45) is 7.05 Å². The number of hydrogen-bond donors (Lipinski definition) is 0. The molecule has 6 heteroatoms. The van der Waals surface area contributed by atoms with E-state index in [0.717, 1.165) is 10.9 Å². The van der Waals surface area contributed by atoms with Crippen molar-refractivity contribution < 1.29 is 14.0 Å². The molecule has 0 atom stereocenters. The summed E-state index contributed by atoms with van der Waals surface area (Å²) >= 11 is 0. The zero-order chi connectivity index (χ0) is 19.0. The lowest BCUT2D eigenvalue weighted by atomic mass is 10.1. The van der Waals surface area contributed by atoms with Crippen molar-refractivity contribution in [2.45, 2.75) is 0 Å². The minimum absolute atomic E-state index is 0.0254. The van der Waals surface area contributed by atoms with Crippen LogP contribution in [0.3, 0.4) is 0 Å². The van der Waals surface area contributed by atoms with Crippen LogP contribution in [0.5, 0.6) is 0 Å². The molecule has 1 aliphatic rings. The zero-order valence-corrected chi connectivity index (χ0v) is 15.1. The Morgan fingerprint density at radius 2 is 1.44 bits per heavy atom. The molecule has 3 aromatic rings. The normalized spacial score (nSPS) is 14.6. The third-order valence-electron chi connectivity index (χ3n) is 5.12. The predicted octanol–water partition coefficient (Wildman–Crippen LogP) is 2.92. The van der Waals surface area contributed by atoms with E-state index >= 15 is 0 Å². The Morgan fingerprint density at radius 3 is 2.07 bits per heavy atom. The molecule has 138 valence electrons. The van der Waals surface area contributed by atoms with Gasteiger partial charge in [-0.2, -0.15) is 0 Å². The molecule has 0 saturated carbocycles. The molecule has 0 N–H and O–H groups in total. The molecule has 1 fully saturated rings. The highest BCUT2D eigenvalue weighted by atomic mass is 19.1. The van der Waals surface area contributed by atoms with E-state index in [1.54, 1.807) is 9.80 Å². The van der Waals surface area contributed by atoms with Gasteiger partial charge in [0, 0.05) is 49.7 Å². The minimum atomic E-state index is -0.364. The van der Waals surface area contributed by atoms with Gasteiger partial charge >= 0.3 is 0 Å². The summed E-state index contributed by atoms with van der Waals surface area (Å²) in [7, 11) is 1.89. The van der Waals surface area contributed by atoms with Crippen LogP contribution in [0.4, 0.5) is 4.39 Å². The highest BCUT2D eigenvalue weighted by Crippen LogP contribution is 2.20. The Hall–Kier alpha value is -3.15. The molecule has 0 spiro atoms. The maximum atomic E-state index is 13.0. The van der Waals surface area contributed by atoms with E-state index in [2.05, 4.69) is 0 Å². The van der Waals surface area contributed by atoms with Crippen LogP contribution in [0.15, 0.2) is 54.6 Å². The smallest absolute Gasteiger partial charge is 0.270 e. The highest BCUT2D eigenvalue weighted by Gasteiger charge is 2.27. The third-order valence-corrected chi connectivity index (χ3v) is 5.12. The molecule has 1 aromatic heterocycles. The Morgan fingerprint density at radius 1 is 0.852 bits per heavy atom. The largest absolute Gasteiger partial charge is 0.340 e. The number of hydrogen-bond acceptors (Lipinski definition) is 2. The van der Waals surface area contributed by atoms with Crippen molar-refractivity contribution in [1.29, 1.82) is 0 Å². The van der Waals surface area contributed by atoms with Gasteiger partial charge in [0.15, 0.2) is 0 Å². The summed E-state index contributed by atoms with van der Waals surface area (Å²) in [5.74, 6) is -0.522. The molecule has 2 aromatic carbocycles. The first-order chi connectivity index (χ1) is 13.0. The first kappa shape index (κ1) is 17.3. The fourth-order valence-corrected chi connectivity index (χ4v) is 3.54. The van der Waals surface area contributed by atoms with Crippen molar-refractivity contribution >= 4 is 22.7 Å². The van der Waals surface area contributed by atoms with Gasteiger partial charge in [-0.25, -0.2) is 4.39 Å². The number of para-hydroxylation sites is 1. The van der Waals surface area contributed by atoms with Crippen LogP contribution in [-0.2, 0) is 7.05 Å². The van der Waals surface area contributed by atoms with E-state index in [1.165, 1.54) is 24.3 Å². The molecule has 0 aliphatic carbocycles. The monoisotopic (exact) mass is 365 g/mol. The van der Waals surface area contributed by atoms with Crippen molar-refractivity contribution in [3.05, 3.63) is 71.7 Å². The molecule has 5 nitrogen and oxygen atoms in total. The Balaban J connectivity index is 1.45. The molecule has 0 radical (unpaired) electrons. The predicted molar refractivity (Wildman–Crippen MR) is 101 cm³/mol. The standard InChI is InChI=1S/C21H20FN3O2/c1-23-18-5-3-2-4-16(18)14-19(23)21(27)25-12-10-24(11-13-25)20(26)15-6-8-17(22)9-7-15/h2-9,14H,10-13H2,1H3. The summed E-state index contributed by atoms with van der Waals surface area (Å²) in [4.78, 5) is 28.9. The van der Waals surface area contributed by atoms with Gasteiger partial charge < -0.3 is 14.4 Å². The van der Waals surface area contributed by atoms with Crippen molar-refractivity contribution in [3.8, 4) is 0 Å². The average molecular weight is 365 g/mol. The second-order valence-corrected chi connectivity index (χ2v) is 6.74. The molecule has 0 unspecified atom stereocenters. The maximum absolute atomic E-state index is 13.0. The molecule has 1 saturated heterocycles. The number of rotatable bonds is 2. The summed E-state index contributed by atoms with van der Waals surface area (Å²) in [5, 5.41) is 1.04. The van der Waals surface area contributed by atoms with E-state index in [1.807, 2.05) is 41.9 Å². The summed E-state index contributed by atoms with van der Waals surface area (Å²) in [6, 6.07) is 15.4. The lowest BCUT2D eigenvalue weighted by molar-refractivity contribution is 0.0530. The number of carbonyl (C=O) groups is 2. The van der Waals surface area contributed by atoms with Crippen molar-refractivity contribution in [3.63, 3.8) is 0 Å². The quantitative estimate of drug-likeness (QED) is 0.701. The molecular weight excluding hydrogens is 345 g/mol. The molecule has 4 rings (SSSR count). The van der Waals surface area contributed by atoms with Crippen LogP contribution in [0, 0.1) is 5.82 Å². The SMILES string of the molecule is Cn1c(C(=O)N2CCN(C(=O)c3ccc(F)cc3)CC2)cc2ccccc21. The molecule has 1 aliphatic heterocycles. The van der Waals surface area contributed by atoms with Gasteiger partial charge in [-0.15, -0.1) is 0 Å². The third kappa shape index (κ3) is 3.18. The molecular formula is C21H20FN3O2. The number of aryl methyl sites for hydroxylation is 1. The Bertz CT molecular complexity index is 1000. The number of fused-ring (bicyclic) bond motifs is 1. The van der Waals surface area contributed by atoms with Crippen LogP contribution in [0.2, 0.25) is 0 Å². The van der Waals surface area contributed by atoms with E-state index < -0.39 is 0 Å². The second-order valence-electron chi connectivity index (χ2n) is 6.74. The summed E-state index contributed by atoms with van der Waals surface area (Å²) in [5.41, 5.74) is 2.13. The van der Waals surface area contributed by atoms with E-state index in [-0.39, 0.29) is 17.6 Å². The first-order valence-electron chi connectivity index (χ1n) is 8.93. The van der Waals surface area contributed by atoms with Gasteiger partial charge in [-0.05, 0) is 36.4 Å². The Labute approximate surface area is 156 Å². The summed E-state index contributed by atoms with van der Waals surface area (Å²) in [6.07, 6.45) is 0. The fourth-order valence-electron chi connectivity index (χ4n) is 3.54.